The fourth-order valence-corrected chi connectivity index (χ4v) is 3.38. The third kappa shape index (κ3) is 1.75. The third-order valence-corrected chi connectivity index (χ3v) is 4.45. The number of hydrogen-bond donors (Lipinski definition) is 0. The summed E-state index contributed by atoms with van der Waals surface area (Å²) in [5.41, 5.74) is 6.61. The fourth-order valence-electron chi connectivity index (χ4n) is 3.38. The molecule has 24 heavy (non-hydrogen) atoms. The van der Waals surface area contributed by atoms with Crippen LogP contribution in [0.25, 0.3) is 38.6 Å². The van der Waals surface area contributed by atoms with Crippen molar-refractivity contribution in [3.63, 3.8) is 0 Å². The zero-order valence-electron chi connectivity index (χ0n) is 13.7. The summed E-state index contributed by atoms with van der Waals surface area (Å²) in [6.07, 6.45) is 1.87. The smallest absolute Gasteiger partial charge is 0.184 e. The summed E-state index contributed by atoms with van der Waals surface area (Å²) >= 11 is 0. The molecule has 5 nitrogen and oxygen atoms in total. The predicted octanol–water partition coefficient (Wildman–Crippen LogP) is 3.90. The molecule has 4 aromatic heterocycles. The highest BCUT2D eigenvalue weighted by molar-refractivity contribution is 5.97. The number of aryl methyl sites for hydroxylation is 3. The Labute approximate surface area is 138 Å². The highest BCUT2D eigenvalue weighted by atomic mass is 15.3. The van der Waals surface area contributed by atoms with Gasteiger partial charge in [0.1, 0.15) is 0 Å². The monoisotopic (exact) mass is 313 g/mol. The van der Waals surface area contributed by atoms with Gasteiger partial charge in [-0.05, 0) is 50.6 Å². The van der Waals surface area contributed by atoms with Crippen LogP contribution in [0, 0.1) is 20.8 Å². The quantitative estimate of drug-likeness (QED) is 0.407. The number of fused-ring (bicyclic) bond motifs is 6. The van der Waals surface area contributed by atoms with Crippen molar-refractivity contribution in [1.82, 2.24) is 24.6 Å². The van der Waals surface area contributed by atoms with Crippen LogP contribution in [-0.2, 0) is 0 Å². The molecule has 0 saturated heterocycles. The van der Waals surface area contributed by atoms with Gasteiger partial charge in [-0.25, -0.2) is 15.0 Å². The molecule has 4 heterocycles. The summed E-state index contributed by atoms with van der Waals surface area (Å²) in [6, 6.07) is 10.4. The van der Waals surface area contributed by atoms with E-state index in [2.05, 4.69) is 53.2 Å². The molecule has 0 fully saturated rings. The van der Waals surface area contributed by atoms with Crippen LogP contribution >= 0.6 is 0 Å². The van der Waals surface area contributed by atoms with E-state index in [0.717, 1.165) is 49.9 Å². The Balaban J connectivity index is 1.99. The van der Waals surface area contributed by atoms with E-state index in [9.17, 15) is 0 Å². The Bertz CT molecular complexity index is 1280. The van der Waals surface area contributed by atoms with Crippen LogP contribution in [-0.4, -0.2) is 24.6 Å². The molecule has 0 aliphatic carbocycles. The summed E-state index contributed by atoms with van der Waals surface area (Å²) in [7, 11) is 0. The molecule has 1 aromatic carbocycles. The van der Waals surface area contributed by atoms with Crippen molar-refractivity contribution in [2.45, 2.75) is 20.8 Å². The second-order valence-corrected chi connectivity index (χ2v) is 6.37. The summed E-state index contributed by atoms with van der Waals surface area (Å²) in [5, 5.41) is 7.75. The fraction of sp³-hybridized carbons (Fsp3) is 0.158. The second kappa shape index (κ2) is 4.47. The number of pyridine rings is 2. The van der Waals surface area contributed by atoms with Crippen molar-refractivity contribution < 1.29 is 0 Å². The SMILES string of the molecule is Cc1ccc2nc3c(cnc4c5c(C)cc(C)nc5nn34)cc2c1. The minimum Gasteiger partial charge on any atom is -0.236 e. The zero-order valence-corrected chi connectivity index (χ0v) is 13.7. The van der Waals surface area contributed by atoms with Crippen molar-refractivity contribution in [3.05, 3.63) is 53.3 Å². The first-order chi connectivity index (χ1) is 11.6. The average molecular weight is 313 g/mol. The van der Waals surface area contributed by atoms with Crippen molar-refractivity contribution in [1.29, 1.82) is 0 Å². The molecule has 0 saturated carbocycles. The van der Waals surface area contributed by atoms with E-state index < -0.39 is 0 Å². The standard InChI is InChI=1S/C19H15N5/c1-10-4-5-15-13(6-10)8-14-9-20-19-16-11(2)7-12(3)21-17(16)23-24(19)18(14)22-15/h4-9H,1-3H3. The van der Waals surface area contributed by atoms with Crippen LogP contribution in [0.1, 0.15) is 16.8 Å². The van der Waals surface area contributed by atoms with Crippen LogP contribution in [0.15, 0.2) is 36.5 Å². The van der Waals surface area contributed by atoms with Crippen LogP contribution in [0.4, 0.5) is 0 Å². The van der Waals surface area contributed by atoms with Gasteiger partial charge in [-0.15, -0.1) is 5.10 Å². The lowest BCUT2D eigenvalue weighted by molar-refractivity contribution is 0.973. The first-order valence-electron chi connectivity index (χ1n) is 7.93. The van der Waals surface area contributed by atoms with Gasteiger partial charge in [-0.2, -0.15) is 4.52 Å². The molecule has 0 bridgehead atoms. The van der Waals surface area contributed by atoms with E-state index >= 15 is 0 Å². The van der Waals surface area contributed by atoms with E-state index in [-0.39, 0.29) is 0 Å². The molecular formula is C19H15N5. The van der Waals surface area contributed by atoms with E-state index in [0.29, 0.717) is 0 Å². The zero-order chi connectivity index (χ0) is 16.4. The Morgan fingerprint density at radius 1 is 0.875 bits per heavy atom. The van der Waals surface area contributed by atoms with Crippen molar-refractivity contribution in [2.24, 2.45) is 0 Å². The molecule has 5 aromatic rings. The third-order valence-electron chi connectivity index (χ3n) is 4.45. The number of benzene rings is 1. The average Bonchev–Trinajstić information content (AvgIpc) is 2.91. The van der Waals surface area contributed by atoms with E-state index in [4.69, 9.17) is 4.98 Å². The topological polar surface area (TPSA) is 56.0 Å². The van der Waals surface area contributed by atoms with Gasteiger partial charge in [-0.1, -0.05) is 11.6 Å². The molecular weight excluding hydrogens is 298 g/mol. The molecule has 0 aliphatic rings. The van der Waals surface area contributed by atoms with Gasteiger partial charge in [0.15, 0.2) is 16.9 Å². The van der Waals surface area contributed by atoms with E-state index in [1.807, 2.05) is 23.7 Å². The van der Waals surface area contributed by atoms with Crippen LogP contribution in [0.5, 0.6) is 0 Å². The van der Waals surface area contributed by atoms with Crippen LogP contribution in [0.3, 0.4) is 0 Å². The van der Waals surface area contributed by atoms with E-state index in [1.54, 1.807) is 0 Å². The predicted molar refractivity (Wildman–Crippen MR) is 95.3 cm³/mol. The maximum atomic E-state index is 4.83. The Morgan fingerprint density at radius 3 is 2.62 bits per heavy atom. The lowest BCUT2D eigenvalue weighted by Gasteiger charge is -2.04. The molecule has 0 amide bonds. The van der Waals surface area contributed by atoms with Gasteiger partial charge in [-0.3, -0.25) is 0 Å². The largest absolute Gasteiger partial charge is 0.236 e. The molecule has 0 radical (unpaired) electrons. The summed E-state index contributed by atoms with van der Waals surface area (Å²) < 4.78 is 1.82. The van der Waals surface area contributed by atoms with Gasteiger partial charge in [0.25, 0.3) is 0 Å². The molecule has 0 N–H and O–H groups in total. The summed E-state index contributed by atoms with van der Waals surface area (Å²) in [5.74, 6) is 0. The Kier molecular flexibility index (Phi) is 2.49. The lowest BCUT2D eigenvalue weighted by Crippen LogP contribution is -1.96. The molecule has 116 valence electrons. The molecule has 0 aliphatic heterocycles. The molecule has 5 heteroatoms. The van der Waals surface area contributed by atoms with Gasteiger partial charge in [0, 0.05) is 22.7 Å². The maximum absolute atomic E-state index is 4.83. The number of rotatable bonds is 0. The highest BCUT2D eigenvalue weighted by Crippen LogP contribution is 2.26. The van der Waals surface area contributed by atoms with Crippen LogP contribution < -0.4 is 0 Å². The van der Waals surface area contributed by atoms with Crippen molar-refractivity contribution in [2.75, 3.05) is 0 Å². The molecule has 0 unspecified atom stereocenters. The minimum atomic E-state index is 0.721. The van der Waals surface area contributed by atoms with Gasteiger partial charge < -0.3 is 0 Å². The highest BCUT2D eigenvalue weighted by Gasteiger charge is 2.14. The van der Waals surface area contributed by atoms with Crippen molar-refractivity contribution >= 4 is 38.6 Å². The molecule has 0 spiro atoms. The summed E-state index contributed by atoms with van der Waals surface area (Å²) in [6.45, 7) is 6.14. The Hall–Kier alpha value is -3.08. The van der Waals surface area contributed by atoms with Crippen LogP contribution in [0.2, 0.25) is 0 Å². The van der Waals surface area contributed by atoms with Gasteiger partial charge >= 0.3 is 0 Å². The minimum absolute atomic E-state index is 0.721. The second-order valence-electron chi connectivity index (χ2n) is 6.37. The van der Waals surface area contributed by atoms with Crippen molar-refractivity contribution in [3.8, 4) is 0 Å². The number of aromatic nitrogens is 5. The molecule has 5 rings (SSSR count). The number of nitrogens with zero attached hydrogens (tertiary/aromatic N) is 5. The summed E-state index contributed by atoms with van der Waals surface area (Å²) in [4.78, 5) is 14.0. The Morgan fingerprint density at radius 2 is 1.75 bits per heavy atom. The van der Waals surface area contributed by atoms with Gasteiger partial charge in [0.2, 0.25) is 0 Å². The first-order valence-corrected chi connectivity index (χ1v) is 7.93. The first kappa shape index (κ1) is 13.4. The molecule has 0 atom stereocenters. The number of hydrogen-bond acceptors (Lipinski definition) is 4. The lowest BCUT2D eigenvalue weighted by atomic mass is 10.1. The van der Waals surface area contributed by atoms with Gasteiger partial charge in [0.05, 0.1) is 10.9 Å². The maximum Gasteiger partial charge on any atom is 0.184 e. The normalized spacial score (nSPS) is 12.0. The van der Waals surface area contributed by atoms with E-state index in [1.165, 1.54) is 5.56 Å².